The molecule has 8 nitrogen and oxygen atoms in total. The monoisotopic (exact) mass is 490 g/mol. The summed E-state index contributed by atoms with van der Waals surface area (Å²) in [6.07, 6.45) is 8.86. The number of likely N-dealkylation sites (tertiary alicyclic amines) is 1. The van der Waals surface area contributed by atoms with Crippen molar-refractivity contribution in [2.24, 2.45) is 11.8 Å². The van der Waals surface area contributed by atoms with E-state index in [2.05, 4.69) is 13.2 Å². The lowest BCUT2D eigenvalue weighted by Gasteiger charge is -2.38. The van der Waals surface area contributed by atoms with Gasteiger partial charge in [0.25, 0.3) is 0 Å². The van der Waals surface area contributed by atoms with Crippen molar-refractivity contribution in [3.63, 3.8) is 0 Å². The van der Waals surface area contributed by atoms with Crippen LogP contribution in [0, 0.1) is 11.8 Å². The number of aliphatic hydroxyl groups is 1. The molecular formula is C27H42N2O6. The standard InChI is InChI=1S/C27H42N2O6/c1-5-7-12-18-34-26(33)21-20-13-14-27(35-20)22(21)24(31)29(16-10-8-9-11-17-30)23(27)25(32)28(15-6-2)19(3)4/h5-6,19-23,30H,1-2,7-18H2,3-4H3/t20-,21+,22+,23?,27?/m1/s1. The third-order valence-electron chi connectivity index (χ3n) is 7.64. The van der Waals surface area contributed by atoms with Crippen LogP contribution >= 0.6 is 0 Å². The minimum Gasteiger partial charge on any atom is -0.465 e. The van der Waals surface area contributed by atoms with E-state index in [1.54, 1.807) is 22.0 Å². The Morgan fingerprint density at radius 1 is 1.23 bits per heavy atom. The van der Waals surface area contributed by atoms with E-state index in [-0.39, 0.29) is 31.1 Å². The van der Waals surface area contributed by atoms with E-state index in [0.29, 0.717) is 38.8 Å². The molecule has 196 valence electrons. The van der Waals surface area contributed by atoms with Gasteiger partial charge in [0.05, 0.1) is 24.5 Å². The lowest BCUT2D eigenvalue weighted by molar-refractivity contribution is -0.155. The molecule has 1 spiro atoms. The molecule has 3 fully saturated rings. The van der Waals surface area contributed by atoms with E-state index >= 15 is 0 Å². The summed E-state index contributed by atoms with van der Waals surface area (Å²) < 4.78 is 12.0. The minimum atomic E-state index is -0.997. The number of fused-ring (bicyclic) bond motifs is 1. The highest BCUT2D eigenvalue weighted by Gasteiger charge is 2.75. The number of carbonyl (C=O) groups is 3. The molecule has 3 rings (SSSR count). The largest absolute Gasteiger partial charge is 0.465 e. The molecule has 3 aliphatic rings. The number of ether oxygens (including phenoxy) is 2. The van der Waals surface area contributed by atoms with E-state index in [4.69, 9.17) is 14.6 Å². The van der Waals surface area contributed by atoms with Crippen LogP contribution < -0.4 is 0 Å². The second kappa shape index (κ2) is 12.2. The molecule has 0 aromatic heterocycles. The van der Waals surface area contributed by atoms with Crippen LogP contribution in [0.25, 0.3) is 0 Å². The van der Waals surface area contributed by atoms with Crippen LogP contribution in [0.1, 0.15) is 65.2 Å². The number of allylic oxidation sites excluding steroid dienone is 1. The third-order valence-corrected chi connectivity index (χ3v) is 7.64. The Kier molecular flexibility index (Phi) is 9.53. The summed E-state index contributed by atoms with van der Waals surface area (Å²) in [6, 6.07) is -0.828. The first-order valence-electron chi connectivity index (χ1n) is 13.1. The first-order chi connectivity index (χ1) is 16.8. The van der Waals surface area contributed by atoms with Gasteiger partial charge in [0.2, 0.25) is 11.8 Å². The topological polar surface area (TPSA) is 96.4 Å². The predicted molar refractivity (Wildman–Crippen MR) is 132 cm³/mol. The second-order valence-electron chi connectivity index (χ2n) is 10.2. The summed E-state index contributed by atoms with van der Waals surface area (Å²) in [5, 5.41) is 9.06. The third kappa shape index (κ3) is 5.33. The molecule has 0 aliphatic carbocycles. The molecule has 3 aliphatic heterocycles. The van der Waals surface area contributed by atoms with Crippen molar-refractivity contribution >= 4 is 17.8 Å². The maximum atomic E-state index is 14.0. The first kappa shape index (κ1) is 27.4. The molecule has 35 heavy (non-hydrogen) atoms. The van der Waals surface area contributed by atoms with Crippen LogP contribution in [0.3, 0.4) is 0 Å². The fraction of sp³-hybridized carbons (Fsp3) is 0.741. The number of unbranched alkanes of at least 4 members (excludes halogenated alkanes) is 4. The lowest BCUT2D eigenvalue weighted by Crippen LogP contribution is -2.57. The van der Waals surface area contributed by atoms with Gasteiger partial charge in [0.15, 0.2) is 0 Å². The van der Waals surface area contributed by atoms with E-state index in [1.807, 2.05) is 13.8 Å². The molecule has 2 bridgehead atoms. The minimum absolute atomic E-state index is 0.0679. The molecule has 0 aromatic carbocycles. The van der Waals surface area contributed by atoms with Crippen molar-refractivity contribution in [3.8, 4) is 0 Å². The van der Waals surface area contributed by atoms with Crippen molar-refractivity contribution in [3.05, 3.63) is 25.3 Å². The zero-order chi connectivity index (χ0) is 25.6. The van der Waals surface area contributed by atoms with Crippen LogP contribution in [0.2, 0.25) is 0 Å². The van der Waals surface area contributed by atoms with Gasteiger partial charge in [-0.1, -0.05) is 25.0 Å². The summed E-state index contributed by atoms with van der Waals surface area (Å²) in [5.74, 6) is -2.10. The highest BCUT2D eigenvalue weighted by atomic mass is 16.6. The van der Waals surface area contributed by atoms with E-state index < -0.39 is 35.6 Å². The number of hydrogen-bond acceptors (Lipinski definition) is 6. The summed E-state index contributed by atoms with van der Waals surface area (Å²) in [5.41, 5.74) is -0.997. The highest BCUT2D eigenvalue weighted by molar-refractivity contribution is 5.98. The summed E-state index contributed by atoms with van der Waals surface area (Å²) in [7, 11) is 0. The van der Waals surface area contributed by atoms with Crippen molar-refractivity contribution in [1.82, 2.24) is 9.80 Å². The fourth-order valence-corrected chi connectivity index (χ4v) is 6.04. The van der Waals surface area contributed by atoms with Gasteiger partial charge in [-0.25, -0.2) is 0 Å². The summed E-state index contributed by atoms with van der Waals surface area (Å²) in [6.45, 7) is 12.6. The molecule has 8 heteroatoms. The Morgan fingerprint density at radius 2 is 1.97 bits per heavy atom. The first-order valence-corrected chi connectivity index (χ1v) is 13.1. The van der Waals surface area contributed by atoms with E-state index in [0.717, 1.165) is 25.7 Å². The zero-order valence-corrected chi connectivity index (χ0v) is 21.3. The van der Waals surface area contributed by atoms with Gasteiger partial charge in [-0.05, 0) is 52.4 Å². The molecule has 1 N–H and O–H groups in total. The SMILES string of the molecule is C=CCCCOC(=O)[C@@H]1[C@H]2C(=O)N(CCCCCCO)C(C(=O)N(CC=C)C(C)C)C23CC[C@H]1O3. The molecule has 3 saturated heterocycles. The molecule has 2 unspecified atom stereocenters. The van der Waals surface area contributed by atoms with Gasteiger partial charge >= 0.3 is 5.97 Å². The van der Waals surface area contributed by atoms with Crippen molar-refractivity contribution in [2.75, 3.05) is 26.3 Å². The summed E-state index contributed by atoms with van der Waals surface area (Å²) in [4.78, 5) is 44.3. The highest BCUT2D eigenvalue weighted by Crippen LogP contribution is 2.58. The average molecular weight is 491 g/mol. The van der Waals surface area contributed by atoms with Crippen LogP contribution in [0.4, 0.5) is 0 Å². The van der Waals surface area contributed by atoms with Gasteiger partial charge in [0, 0.05) is 25.7 Å². The maximum Gasteiger partial charge on any atom is 0.312 e. The van der Waals surface area contributed by atoms with Gasteiger partial charge < -0.3 is 24.4 Å². The van der Waals surface area contributed by atoms with E-state index in [1.165, 1.54) is 0 Å². The fourth-order valence-electron chi connectivity index (χ4n) is 6.04. The van der Waals surface area contributed by atoms with Gasteiger partial charge in [-0.15, -0.1) is 13.2 Å². The molecule has 5 atom stereocenters. The van der Waals surface area contributed by atoms with E-state index in [9.17, 15) is 14.4 Å². The summed E-state index contributed by atoms with van der Waals surface area (Å²) >= 11 is 0. The van der Waals surface area contributed by atoms with Crippen molar-refractivity contribution < 1.29 is 29.0 Å². The van der Waals surface area contributed by atoms with Gasteiger partial charge in [-0.3, -0.25) is 14.4 Å². The maximum absolute atomic E-state index is 14.0. The Labute approximate surface area is 209 Å². The number of esters is 1. The number of hydrogen-bond donors (Lipinski definition) is 1. The molecule has 0 aromatic rings. The molecule has 2 amide bonds. The smallest absolute Gasteiger partial charge is 0.312 e. The van der Waals surface area contributed by atoms with Crippen LogP contribution in [-0.2, 0) is 23.9 Å². The Bertz CT molecular complexity index is 799. The quantitative estimate of drug-likeness (QED) is 0.215. The second-order valence-corrected chi connectivity index (χ2v) is 10.2. The van der Waals surface area contributed by atoms with Gasteiger partial charge in [0.1, 0.15) is 11.6 Å². The van der Waals surface area contributed by atoms with Crippen LogP contribution in [-0.4, -0.2) is 82.8 Å². The van der Waals surface area contributed by atoms with Crippen LogP contribution in [0.15, 0.2) is 25.3 Å². The average Bonchev–Trinajstić information content (AvgIpc) is 3.47. The number of amides is 2. The number of carbonyl (C=O) groups excluding carboxylic acids is 3. The molecular weight excluding hydrogens is 448 g/mol. The number of aliphatic hydroxyl groups excluding tert-OH is 1. The van der Waals surface area contributed by atoms with Crippen molar-refractivity contribution in [2.45, 2.75) is 89.0 Å². The number of nitrogens with zero attached hydrogens (tertiary/aromatic N) is 2. The normalized spacial score (nSPS) is 28.9. The molecule has 0 saturated carbocycles. The number of rotatable bonds is 15. The lowest BCUT2D eigenvalue weighted by atomic mass is 9.70. The zero-order valence-electron chi connectivity index (χ0n) is 21.3. The Balaban J connectivity index is 1.87. The van der Waals surface area contributed by atoms with Crippen molar-refractivity contribution in [1.29, 1.82) is 0 Å². The van der Waals surface area contributed by atoms with Crippen LogP contribution in [0.5, 0.6) is 0 Å². The Morgan fingerprint density at radius 3 is 2.63 bits per heavy atom. The molecule has 3 heterocycles. The Hall–Kier alpha value is -2.19. The predicted octanol–water partition coefficient (Wildman–Crippen LogP) is 2.85. The molecule has 0 radical (unpaired) electrons. The van der Waals surface area contributed by atoms with Gasteiger partial charge in [-0.2, -0.15) is 0 Å².